The molecular formula is C24H14Cl2N2O3. The highest BCUT2D eigenvalue weighted by atomic mass is 35.5. The number of benzene rings is 4. The fraction of sp³-hybridized carbons (Fsp3) is 0. The molecule has 0 heterocycles. The molecule has 0 spiro atoms. The molecule has 4 aromatic carbocycles. The number of aromatic hydroxyl groups is 1. The highest BCUT2D eigenvalue weighted by Crippen LogP contribution is 2.39. The molecule has 0 saturated carbocycles. The zero-order chi connectivity index (χ0) is 21.7. The van der Waals surface area contributed by atoms with Crippen LogP contribution in [0.5, 0.6) is 5.75 Å². The van der Waals surface area contributed by atoms with Crippen molar-refractivity contribution in [2.45, 2.75) is 0 Å². The highest BCUT2D eigenvalue weighted by Gasteiger charge is 2.26. The number of fused-ring (bicyclic) bond motifs is 4. The summed E-state index contributed by atoms with van der Waals surface area (Å²) >= 11 is 12.5. The Morgan fingerprint density at radius 3 is 2.29 bits per heavy atom. The molecule has 5 nitrogen and oxygen atoms in total. The van der Waals surface area contributed by atoms with Gasteiger partial charge in [0.2, 0.25) is 0 Å². The first-order chi connectivity index (χ1) is 14.9. The van der Waals surface area contributed by atoms with Gasteiger partial charge in [0.05, 0.1) is 15.7 Å². The third-order valence-electron chi connectivity index (χ3n) is 5.24. The normalized spacial score (nSPS) is 11.9. The first-order valence-electron chi connectivity index (χ1n) is 9.39. The molecule has 5 rings (SSSR count). The van der Waals surface area contributed by atoms with Gasteiger partial charge >= 0.3 is 6.03 Å². The molecule has 31 heavy (non-hydrogen) atoms. The predicted molar refractivity (Wildman–Crippen MR) is 124 cm³/mol. The van der Waals surface area contributed by atoms with E-state index in [9.17, 15) is 14.7 Å². The number of anilines is 2. The van der Waals surface area contributed by atoms with Crippen LogP contribution < -0.4 is 10.6 Å². The van der Waals surface area contributed by atoms with Gasteiger partial charge < -0.3 is 15.7 Å². The number of amides is 2. The quantitative estimate of drug-likeness (QED) is 0.280. The van der Waals surface area contributed by atoms with Crippen LogP contribution in [0.4, 0.5) is 16.2 Å². The fourth-order valence-corrected chi connectivity index (χ4v) is 4.43. The van der Waals surface area contributed by atoms with E-state index in [2.05, 4.69) is 10.6 Å². The monoisotopic (exact) mass is 448 g/mol. The van der Waals surface area contributed by atoms with Crippen LogP contribution in [0.2, 0.25) is 10.0 Å². The smallest absolute Gasteiger partial charge is 0.323 e. The average Bonchev–Trinajstić information content (AvgIpc) is 3.03. The van der Waals surface area contributed by atoms with E-state index in [1.165, 1.54) is 18.2 Å². The van der Waals surface area contributed by atoms with E-state index in [1.54, 1.807) is 24.3 Å². The predicted octanol–water partition coefficient (Wildman–Crippen LogP) is 6.71. The van der Waals surface area contributed by atoms with Crippen molar-refractivity contribution in [3.63, 3.8) is 0 Å². The van der Waals surface area contributed by atoms with Crippen molar-refractivity contribution in [3.8, 4) is 16.9 Å². The standard InChI is InChI=1S/C24H14Cl2N2O3/c25-20-11-21(26)22(18-10-13(29)6-8-16(18)20)28-24(31)27-12-5-7-15-14-3-1-2-4-17(14)23(30)19(15)9-12/h1-11,29H,(H2,27,28,31). The maximum Gasteiger partial charge on any atom is 0.323 e. The molecule has 1 aliphatic carbocycles. The molecule has 4 aromatic rings. The van der Waals surface area contributed by atoms with Gasteiger partial charge in [0, 0.05) is 27.6 Å². The van der Waals surface area contributed by atoms with Crippen molar-refractivity contribution in [3.05, 3.63) is 87.9 Å². The zero-order valence-corrected chi connectivity index (χ0v) is 17.4. The fourth-order valence-electron chi connectivity index (χ4n) is 3.85. The summed E-state index contributed by atoms with van der Waals surface area (Å²) in [4.78, 5) is 25.4. The Kier molecular flexibility index (Phi) is 4.58. The summed E-state index contributed by atoms with van der Waals surface area (Å²) in [7, 11) is 0. The van der Waals surface area contributed by atoms with Gasteiger partial charge in [-0.15, -0.1) is 0 Å². The van der Waals surface area contributed by atoms with Gasteiger partial charge in [0.1, 0.15) is 5.75 Å². The number of hydrogen-bond donors (Lipinski definition) is 3. The molecule has 0 saturated heterocycles. The zero-order valence-electron chi connectivity index (χ0n) is 15.9. The number of carbonyl (C=O) groups is 2. The SMILES string of the molecule is O=C(Nc1ccc2c(c1)C(=O)c1ccccc1-2)Nc1c(Cl)cc(Cl)c2ccc(O)cc12. The minimum Gasteiger partial charge on any atom is -0.508 e. The van der Waals surface area contributed by atoms with E-state index in [0.29, 0.717) is 38.3 Å². The lowest BCUT2D eigenvalue weighted by molar-refractivity contribution is 0.104. The van der Waals surface area contributed by atoms with E-state index in [1.807, 2.05) is 24.3 Å². The topological polar surface area (TPSA) is 78.4 Å². The van der Waals surface area contributed by atoms with Gasteiger partial charge in [-0.2, -0.15) is 0 Å². The molecule has 3 N–H and O–H groups in total. The maximum absolute atomic E-state index is 12.7. The largest absolute Gasteiger partial charge is 0.508 e. The van der Waals surface area contributed by atoms with Crippen molar-refractivity contribution in [2.75, 3.05) is 10.6 Å². The van der Waals surface area contributed by atoms with Gasteiger partial charge in [0.15, 0.2) is 5.78 Å². The third kappa shape index (κ3) is 3.28. The van der Waals surface area contributed by atoms with E-state index < -0.39 is 6.03 Å². The van der Waals surface area contributed by atoms with Crippen LogP contribution >= 0.6 is 23.2 Å². The molecule has 7 heteroatoms. The summed E-state index contributed by atoms with van der Waals surface area (Å²) in [5, 5.41) is 17.1. The van der Waals surface area contributed by atoms with Gasteiger partial charge in [-0.25, -0.2) is 4.79 Å². The summed E-state index contributed by atoms with van der Waals surface area (Å²) in [6, 6.07) is 18.2. The molecule has 0 unspecified atom stereocenters. The van der Waals surface area contributed by atoms with E-state index in [0.717, 1.165) is 11.1 Å². The number of phenolic OH excluding ortho intramolecular Hbond substituents is 1. The molecule has 0 aliphatic heterocycles. The maximum atomic E-state index is 12.7. The summed E-state index contributed by atoms with van der Waals surface area (Å²) in [6.07, 6.45) is 0. The summed E-state index contributed by atoms with van der Waals surface area (Å²) < 4.78 is 0. The molecule has 2 amide bonds. The summed E-state index contributed by atoms with van der Waals surface area (Å²) in [6.45, 7) is 0. The van der Waals surface area contributed by atoms with Gasteiger partial charge in [-0.1, -0.05) is 53.5 Å². The van der Waals surface area contributed by atoms with Gasteiger partial charge in [0.25, 0.3) is 0 Å². The number of urea groups is 1. The highest BCUT2D eigenvalue weighted by molar-refractivity contribution is 6.41. The first-order valence-corrected chi connectivity index (χ1v) is 10.1. The second kappa shape index (κ2) is 7.30. The van der Waals surface area contributed by atoms with E-state index in [4.69, 9.17) is 23.2 Å². The second-order valence-corrected chi connectivity index (χ2v) is 7.97. The van der Waals surface area contributed by atoms with Crippen LogP contribution in [-0.4, -0.2) is 16.9 Å². The van der Waals surface area contributed by atoms with Crippen LogP contribution in [0.1, 0.15) is 15.9 Å². The number of rotatable bonds is 2. The Morgan fingerprint density at radius 2 is 1.48 bits per heavy atom. The van der Waals surface area contributed by atoms with Crippen molar-refractivity contribution in [2.24, 2.45) is 0 Å². The number of nitrogens with one attached hydrogen (secondary N) is 2. The molecular weight excluding hydrogens is 435 g/mol. The second-order valence-electron chi connectivity index (χ2n) is 7.16. The molecule has 0 aromatic heterocycles. The number of ketones is 1. The third-order valence-corrected chi connectivity index (χ3v) is 5.86. The van der Waals surface area contributed by atoms with Crippen molar-refractivity contribution < 1.29 is 14.7 Å². The van der Waals surface area contributed by atoms with Crippen LogP contribution in [0, 0.1) is 0 Å². The summed E-state index contributed by atoms with van der Waals surface area (Å²) in [5.41, 5.74) is 3.71. The molecule has 0 fully saturated rings. The Morgan fingerprint density at radius 1 is 0.742 bits per heavy atom. The number of carbonyl (C=O) groups excluding carboxylic acids is 2. The van der Waals surface area contributed by atoms with Crippen molar-refractivity contribution in [1.82, 2.24) is 0 Å². The number of hydrogen-bond acceptors (Lipinski definition) is 3. The first kappa shape index (κ1) is 19.4. The lowest BCUT2D eigenvalue weighted by Crippen LogP contribution is -2.20. The van der Waals surface area contributed by atoms with Crippen molar-refractivity contribution >= 4 is 57.2 Å². The molecule has 0 bridgehead atoms. The molecule has 0 radical (unpaired) electrons. The molecule has 152 valence electrons. The van der Waals surface area contributed by atoms with Gasteiger partial charge in [-0.3, -0.25) is 4.79 Å². The number of halogens is 2. The average molecular weight is 449 g/mol. The Hall–Kier alpha value is -3.54. The lowest BCUT2D eigenvalue weighted by Gasteiger charge is -2.14. The Balaban J connectivity index is 1.44. The number of phenols is 1. The lowest BCUT2D eigenvalue weighted by atomic mass is 10.1. The minimum atomic E-state index is -0.545. The van der Waals surface area contributed by atoms with Crippen LogP contribution in [0.15, 0.2) is 66.7 Å². The van der Waals surface area contributed by atoms with Crippen LogP contribution in [0.25, 0.3) is 21.9 Å². The summed E-state index contributed by atoms with van der Waals surface area (Å²) in [5.74, 6) is -0.0529. The Bertz CT molecular complexity index is 1420. The Labute approximate surface area is 187 Å². The van der Waals surface area contributed by atoms with Gasteiger partial charge in [-0.05, 0) is 47.5 Å². The minimum absolute atomic E-state index is 0.0194. The van der Waals surface area contributed by atoms with Crippen molar-refractivity contribution in [1.29, 1.82) is 0 Å². The molecule has 0 atom stereocenters. The van der Waals surface area contributed by atoms with E-state index in [-0.39, 0.29) is 16.6 Å². The van der Waals surface area contributed by atoms with Crippen LogP contribution in [0.3, 0.4) is 0 Å². The van der Waals surface area contributed by atoms with E-state index >= 15 is 0 Å². The van der Waals surface area contributed by atoms with Crippen LogP contribution in [-0.2, 0) is 0 Å². The molecule has 1 aliphatic rings.